The van der Waals surface area contributed by atoms with E-state index >= 15 is 0 Å². The first kappa shape index (κ1) is 21.8. The number of ether oxygens (including phenoxy) is 1. The minimum Gasteiger partial charge on any atom is -0.380 e. The van der Waals surface area contributed by atoms with Crippen molar-refractivity contribution in [3.8, 4) is 0 Å². The fourth-order valence-electron chi connectivity index (χ4n) is 2.94. The van der Waals surface area contributed by atoms with Crippen molar-refractivity contribution in [3.63, 3.8) is 0 Å². The van der Waals surface area contributed by atoms with E-state index in [4.69, 9.17) is 4.74 Å². The first-order chi connectivity index (χ1) is 11.3. The van der Waals surface area contributed by atoms with Gasteiger partial charge in [0, 0.05) is 25.5 Å². The Morgan fingerprint density at radius 1 is 1.36 bits per heavy atom. The lowest BCUT2D eigenvalue weighted by Gasteiger charge is -2.34. The van der Waals surface area contributed by atoms with Crippen molar-refractivity contribution in [3.05, 3.63) is 35.1 Å². The van der Waals surface area contributed by atoms with Crippen LogP contribution in [0.2, 0.25) is 0 Å². The lowest BCUT2D eigenvalue weighted by atomic mass is 9.95. The van der Waals surface area contributed by atoms with Crippen LogP contribution >= 0.6 is 12.4 Å². The molecule has 1 saturated heterocycles. The number of benzene rings is 1. The van der Waals surface area contributed by atoms with Crippen LogP contribution in [0.3, 0.4) is 0 Å². The Morgan fingerprint density at radius 3 is 2.56 bits per heavy atom. The minimum atomic E-state index is -3.55. The van der Waals surface area contributed by atoms with E-state index in [1.807, 2.05) is 0 Å². The number of hydrogen-bond donors (Lipinski definition) is 2. The molecule has 2 rings (SSSR count). The van der Waals surface area contributed by atoms with E-state index in [0.29, 0.717) is 24.2 Å². The van der Waals surface area contributed by atoms with Gasteiger partial charge in [0.05, 0.1) is 6.61 Å². The highest BCUT2D eigenvalue weighted by Crippen LogP contribution is 2.28. The Labute approximate surface area is 153 Å². The molecule has 1 fully saturated rings. The number of nitrogens with one attached hydrogen (secondary N) is 2. The van der Waals surface area contributed by atoms with Gasteiger partial charge in [0.2, 0.25) is 5.91 Å². The number of carbonyl (C=O) groups excluding carboxylic acids is 1. The number of rotatable bonds is 6. The molecule has 1 aromatic rings. The number of sulfone groups is 1. The number of amides is 1. The van der Waals surface area contributed by atoms with Crippen LogP contribution in [-0.2, 0) is 32.5 Å². The SMILES string of the molecule is COCc1cc(CNC(=O)C2(S(C)(=O)=O)CCNCC2)ccc1F.Cl. The largest absolute Gasteiger partial charge is 0.380 e. The van der Waals surface area contributed by atoms with Gasteiger partial charge in [0.1, 0.15) is 5.82 Å². The second-order valence-electron chi connectivity index (χ2n) is 6.06. The number of methoxy groups -OCH3 is 1. The van der Waals surface area contributed by atoms with E-state index in [-0.39, 0.29) is 44.2 Å². The summed E-state index contributed by atoms with van der Waals surface area (Å²) in [6, 6.07) is 4.48. The van der Waals surface area contributed by atoms with Crippen LogP contribution in [0.1, 0.15) is 24.0 Å². The summed E-state index contributed by atoms with van der Waals surface area (Å²) >= 11 is 0. The predicted molar refractivity (Wildman–Crippen MR) is 95.9 cm³/mol. The molecule has 0 bridgehead atoms. The maximum atomic E-state index is 13.6. The highest BCUT2D eigenvalue weighted by Gasteiger charge is 2.48. The Hall–Kier alpha value is -1.22. The summed E-state index contributed by atoms with van der Waals surface area (Å²) < 4.78 is 41.5. The van der Waals surface area contributed by atoms with Gasteiger partial charge in [0.15, 0.2) is 14.6 Å². The number of piperidine rings is 1. The molecule has 0 spiro atoms. The second-order valence-corrected chi connectivity index (χ2v) is 8.38. The molecular weight excluding hydrogens is 371 g/mol. The summed E-state index contributed by atoms with van der Waals surface area (Å²) in [6.45, 7) is 1.23. The molecule has 1 amide bonds. The number of carbonyl (C=O) groups is 1. The first-order valence-corrected chi connectivity index (χ1v) is 9.64. The van der Waals surface area contributed by atoms with Crippen molar-refractivity contribution in [2.75, 3.05) is 26.5 Å². The molecule has 0 radical (unpaired) electrons. The van der Waals surface area contributed by atoms with Crippen LogP contribution in [0.15, 0.2) is 18.2 Å². The highest BCUT2D eigenvalue weighted by molar-refractivity contribution is 7.92. The smallest absolute Gasteiger partial charge is 0.241 e. The van der Waals surface area contributed by atoms with Gasteiger partial charge in [-0.25, -0.2) is 12.8 Å². The molecule has 0 aromatic heterocycles. The van der Waals surface area contributed by atoms with Gasteiger partial charge in [0.25, 0.3) is 0 Å². The Kier molecular flexibility index (Phi) is 7.80. The summed E-state index contributed by atoms with van der Waals surface area (Å²) in [4.78, 5) is 12.6. The quantitative estimate of drug-likeness (QED) is 0.756. The van der Waals surface area contributed by atoms with Crippen molar-refractivity contribution in [1.29, 1.82) is 0 Å². The zero-order chi connectivity index (χ0) is 17.8. The molecule has 142 valence electrons. The third kappa shape index (κ3) is 4.91. The summed E-state index contributed by atoms with van der Waals surface area (Å²) in [5, 5.41) is 5.76. The van der Waals surface area contributed by atoms with Gasteiger partial charge >= 0.3 is 0 Å². The zero-order valence-electron chi connectivity index (χ0n) is 14.3. The van der Waals surface area contributed by atoms with Crippen molar-refractivity contribution in [2.45, 2.75) is 30.7 Å². The number of halogens is 2. The van der Waals surface area contributed by atoms with Crippen LogP contribution in [-0.4, -0.2) is 45.5 Å². The topological polar surface area (TPSA) is 84.5 Å². The summed E-state index contributed by atoms with van der Waals surface area (Å²) in [5.74, 6) is -0.873. The number of hydrogen-bond acceptors (Lipinski definition) is 5. The lowest BCUT2D eigenvalue weighted by Crippen LogP contribution is -2.57. The van der Waals surface area contributed by atoms with E-state index in [0.717, 1.165) is 6.26 Å². The van der Waals surface area contributed by atoms with Crippen molar-refractivity contribution in [2.24, 2.45) is 0 Å². The molecule has 9 heteroatoms. The summed E-state index contributed by atoms with van der Waals surface area (Å²) in [6.07, 6.45) is 1.60. The van der Waals surface area contributed by atoms with E-state index in [2.05, 4.69) is 10.6 Å². The molecule has 0 unspecified atom stereocenters. The van der Waals surface area contributed by atoms with Crippen LogP contribution in [0.5, 0.6) is 0 Å². The molecule has 0 saturated carbocycles. The lowest BCUT2D eigenvalue weighted by molar-refractivity contribution is -0.124. The van der Waals surface area contributed by atoms with E-state index in [9.17, 15) is 17.6 Å². The summed E-state index contributed by atoms with van der Waals surface area (Å²) in [5.41, 5.74) is 1.08. The molecule has 6 nitrogen and oxygen atoms in total. The normalized spacial score (nSPS) is 16.8. The van der Waals surface area contributed by atoms with Gasteiger partial charge in [-0.05, 0) is 43.6 Å². The molecule has 25 heavy (non-hydrogen) atoms. The molecule has 1 aromatic carbocycles. The van der Waals surface area contributed by atoms with Crippen LogP contribution < -0.4 is 10.6 Å². The molecule has 0 atom stereocenters. The van der Waals surface area contributed by atoms with Crippen molar-refractivity contribution < 1.29 is 22.3 Å². The molecule has 1 heterocycles. The van der Waals surface area contributed by atoms with Crippen molar-refractivity contribution >= 4 is 28.2 Å². The molecule has 1 aliphatic rings. The van der Waals surface area contributed by atoms with Gasteiger partial charge in [-0.2, -0.15) is 0 Å². The average Bonchev–Trinajstić information content (AvgIpc) is 2.55. The summed E-state index contributed by atoms with van der Waals surface area (Å²) in [7, 11) is -2.07. The van der Waals surface area contributed by atoms with Crippen LogP contribution in [0, 0.1) is 5.82 Å². The van der Waals surface area contributed by atoms with Gasteiger partial charge < -0.3 is 15.4 Å². The molecule has 2 N–H and O–H groups in total. The predicted octanol–water partition coefficient (Wildman–Crippen LogP) is 1.18. The third-order valence-corrected chi connectivity index (χ3v) is 6.41. The maximum absolute atomic E-state index is 13.6. The van der Waals surface area contributed by atoms with Gasteiger partial charge in [-0.1, -0.05) is 6.07 Å². The van der Waals surface area contributed by atoms with Gasteiger partial charge in [-0.15, -0.1) is 12.4 Å². The molecule has 0 aliphatic carbocycles. The first-order valence-electron chi connectivity index (χ1n) is 7.75. The zero-order valence-corrected chi connectivity index (χ0v) is 15.9. The highest BCUT2D eigenvalue weighted by atomic mass is 35.5. The fourth-order valence-corrected chi connectivity index (χ4v) is 4.30. The fraction of sp³-hybridized carbons (Fsp3) is 0.562. The second kappa shape index (κ2) is 8.93. The maximum Gasteiger partial charge on any atom is 0.241 e. The molecule has 1 aliphatic heterocycles. The van der Waals surface area contributed by atoms with Crippen LogP contribution in [0.4, 0.5) is 4.39 Å². The van der Waals surface area contributed by atoms with Gasteiger partial charge in [-0.3, -0.25) is 4.79 Å². The molecular formula is C16H24ClFN2O4S. The van der Waals surface area contributed by atoms with E-state index < -0.39 is 20.5 Å². The minimum absolute atomic E-state index is 0. The Morgan fingerprint density at radius 2 is 2.00 bits per heavy atom. The van der Waals surface area contributed by atoms with E-state index in [1.165, 1.54) is 13.2 Å². The monoisotopic (exact) mass is 394 g/mol. The third-order valence-electron chi connectivity index (χ3n) is 4.40. The average molecular weight is 395 g/mol. The standard InChI is InChI=1S/C16H23FN2O4S.ClH/c1-23-11-13-9-12(3-4-14(13)17)10-19-15(20)16(24(2,21)22)5-7-18-8-6-16;/h3-4,9,18H,5-8,10-11H2,1-2H3,(H,19,20);1H. The van der Waals surface area contributed by atoms with E-state index in [1.54, 1.807) is 12.1 Å². The Balaban J connectivity index is 0.00000312. The Bertz CT molecular complexity index is 706. The van der Waals surface area contributed by atoms with Crippen molar-refractivity contribution in [1.82, 2.24) is 10.6 Å². The van der Waals surface area contributed by atoms with Crippen LogP contribution in [0.25, 0.3) is 0 Å².